The number of carbonyl (C=O) groups is 1. The Morgan fingerprint density at radius 1 is 1.10 bits per heavy atom. The van der Waals surface area contributed by atoms with E-state index in [1.54, 1.807) is 0 Å². The van der Waals surface area contributed by atoms with Gasteiger partial charge >= 0.3 is 0 Å². The molecule has 2 fully saturated rings. The second-order valence-corrected chi connectivity index (χ2v) is 8.63. The summed E-state index contributed by atoms with van der Waals surface area (Å²) >= 11 is 0. The minimum atomic E-state index is 0.156. The quantitative estimate of drug-likeness (QED) is 0.654. The molecule has 3 aromatic rings. The average molecular weight is 405 g/mol. The summed E-state index contributed by atoms with van der Waals surface area (Å²) in [5.41, 5.74) is 3.08. The van der Waals surface area contributed by atoms with Gasteiger partial charge in [-0.15, -0.1) is 0 Å². The lowest BCUT2D eigenvalue weighted by Gasteiger charge is -2.41. The first-order valence-corrected chi connectivity index (χ1v) is 10.8. The number of likely N-dealkylation sites (tertiary alicyclic amines) is 1. The topological polar surface area (TPSA) is 60.3 Å². The summed E-state index contributed by atoms with van der Waals surface area (Å²) in [6.07, 6.45) is 6.11. The fourth-order valence-corrected chi connectivity index (χ4v) is 4.56. The van der Waals surface area contributed by atoms with E-state index >= 15 is 0 Å². The number of nitrogens with zero attached hydrogens (tertiary/aromatic N) is 4. The zero-order valence-corrected chi connectivity index (χ0v) is 17.7. The normalized spacial score (nSPS) is 18.6. The average Bonchev–Trinajstić information content (AvgIpc) is 3.05. The number of fused-ring (bicyclic) bond motifs is 1. The molecule has 156 valence electrons. The van der Waals surface area contributed by atoms with Crippen LogP contribution in [-0.4, -0.2) is 57.6 Å². The maximum absolute atomic E-state index is 12.9. The van der Waals surface area contributed by atoms with Crippen molar-refractivity contribution >= 4 is 16.6 Å². The Bertz CT molecular complexity index is 1080. The summed E-state index contributed by atoms with van der Waals surface area (Å²) in [5, 5.41) is 2.20. The minimum absolute atomic E-state index is 0.156. The number of aryl methyl sites for hydroxylation is 1. The van der Waals surface area contributed by atoms with Crippen molar-refractivity contribution in [2.24, 2.45) is 13.0 Å². The summed E-state index contributed by atoms with van der Waals surface area (Å²) in [7, 11) is 2.03. The van der Waals surface area contributed by atoms with Crippen molar-refractivity contribution in [3.8, 4) is 11.3 Å². The Labute approximate surface area is 176 Å². The number of rotatable bonds is 5. The van der Waals surface area contributed by atoms with E-state index in [1.807, 2.05) is 26.4 Å². The van der Waals surface area contributed by atoms with E-state index in [0.29, 0.717) is 18.2 Å². The standard InChI is InChI=1S/C24H28N4O2/c1-16-25-13-23(27(16)2)18-3-4-19-12-26-21(10-20(19)9-18)11-24(29)17-5-7-28(8-6-17)22-14-30-15-22/h3-4,9-10,12-13,17,22H,5-8,11,14-15H2,1-2H3. The highest BCUT2D eigenvalue weighted by atomic mass is 16.5. The molecular formula is C24H28N4O2. The molecule has 0 N–H and O–H groups in total. The van der Waals surface area contributed by atoms with E-state index < -0.39 is 0 Å². The van der Waals surface area contributed by atoms with E-state index in [4.69, 9.17) is 4.74 Å². The number of pyridine rings is 1. The van der Waals surface area contributed by atoms with Crippen LogP contribution in [0.5, 0.6) is 0 Å². The van der Waals surface area contributed by atoms with Crippen LogP contribution in [-0.2, 0) is 23.0 Å². The summed E-state index contributed by atoms with van der Waals surface area (Å²) in [6.45, 7) is 5.70. The van der Waals surface area contributed by atoms with E-state index in [-0.39, 0.29) is 5.92 Å². The first-order valence-electron chi connectivity index (χ1n) is 10.8. The van der Waals surface area contributed by atoms with Gasteiger partial charge in [-0.3, -0.25) is 14.7 Å². The van der Waals surface area contributed by atoms with Crippen LogP contribution < -0.4 is 0 Å². The molecule has 4 heterocycles. The van der Waals surface area contributed by atoms with Crippen LogP contribution in [0.4, 0.5) is 0 Å². The van der Waals surface area contributed by atoms with Crippen LogP contribution in [0, 0.1) is 12.8 Å². The minimum Gasteiger partial charge on any atom is -0.378 e. The Morgan fingerprint density at radius 2 is 1.90 bits per heavy atom. The molecule has 6 nitrogen and oxygen atoms in total. The van der Waals surface area contributed by atoms with Crippen LogP contribution in [0.25, 0.3) is 22.0 Å². The zero-order valence-electron chi connectivity index (χ0n) is 17.7. The number of hydrogen-bond donors (Lipinski definition) is 0. The number of hydrogen-bond acceptors (Lipinski definition) is 5. The number of imidazole rings is 1. The molecule has 5 rings (SSSR count). The third-order valence-corrected chi connectivity index (χ3v) is 6.77. The molecule has 2 aromatic heterocycles. The molecule has 0 radical (unpaired) electrons. The van der Waals surface area contributed by atoms with Gasteiger partial charge in [0, 0.05) is 42.2 Å². The zero-order chi connectivity index (χ0) is 20.7. The lowest BCUT2D eigenvalue weighted by atomic mass is 9.89. The second kappa shape index (κ2) is 7.93. The van der Waals surface area contributed by atoms with Gasteiger partial charge in [-0.2, -0.15) is 0 Å². The Kier molecular flexibility index (Phi) is 5.13. The molecule has 0 atom stereocenters. The van der Waals surface area contributed by atoms with Crippen LogP contribution in [0.2, 0.25) is 0 Å². The third-order valence-electron chi connectivity index (χ3n) is 6.77. The first-order chi connectivity index (χ1) is 14.6. The molecule has 30 heavy (non-hydrogen) atoms. The first kappa shape index (κ1) is 19.4. The van der Waals surface area contributed by atoms with Crippen LogP contribution in [0.3, 0.4) is 0 Å². The Morgan fingerprint density at radius 3 is 2.57 bits per heavy atom. The van der Waals surface area contributed by atoms with Crippen LogP contribution >= 0.6 is 0 Å². The summed E-state index contributed by atoms with van der Waals surface area (Å²) in [4.78, 5) is 24.3. The maximum Gasteiger partial charge on any atom is 0.142 e. The molecule has 0 aliphatic carbocycles. The monoisotopic (exact) mass is 404 g/mol. The highest BCUT2D eigenvalue weighted by Crippen LogP contribution is 2.26. The molecular weight excluding hydrogens is 376 g/mol. The van der Waals surface area contributed by atoms with Crippen molar-refractivity contribution in [2.75, 3.05) is 26.3 Å². The predicted octanol–water partition coefficient (Wildman–Crippen LogP) is 3.17. The van der Waals surface area contributed by atoms with Crippen LogP contribution in [0.15, 0.2) is 36.7 Å². The summed E-state index contributed by atoms with van der Waals surface area (Å²) < 4.78 is 7.39. The van der Waals surface area contributed by atoms with Gasteiger partial charge in [0.05, 0.1) is 31.1 Å². The smallest absolute Gasteiger partial charge is 0.142 e. The van der Waals surface area contributed by atoms with Gasteiger partial charge in [-0.25, -0.2) is 4.98 Å². The molecule has 6 heteroatoms. The maximum atomic E-state index is 12.9. The van der Waals surface area contributed by atoms with Gasteiger partial charge in [-0.1, -0.05) is 12.1 Å². The lowest BCUT2D eigenvalue weighted by Crippen LogP contribution is -2.52. The molecule has 2 aliphatic heterocycles. The number of carbonyl (C=O) groups excluding carboxylic acids is 1. The van der Waals surface area contributed by atoms with E-state index in [2.05, 4.69) is 43.7 Å². The molecule has 0 saturated carbocycles. The van der Waals surface area contributed by atoms with Gasteiger partial charge < -0.3 is 9.30 Å². The largest absolute Gasteiger partial charge is 0.378 e. The van der Waals surface area contributed by atoms with Gasteiger partial charge in [0.2, 0.25) is 0 Å². The molecule has 2 saturated heterocycles. The number of aromatic nitrogens is 3. The molecule has 0 bridgehead atoms. The van der Waals surface area contributed by atoms with Crippen molar-refractivity contribution in [1.29, 1.82) is 0 Å². The Hall–Kier alpha value is -2.57. The van der Waals surface area contributed by atoms with Gasteiger partial charge in [0.15, 0.2) is 0 Å². The number of ketones is 1. The van der Waals surface area contributed by atoms with Gasteiger partial charge in [0.1, 0.15) is 11.6 Å². The molecule has 1 aromatic carbocycles. The van der Waals surface area contributed by atoms with E-state index in [1.165, 1.54) is 0 Å². The summed E-state index contributed by atoms with van der Waals surface area (Å²) in [5.74, 6) is 1.47. The second-order valence-electron chi connectivity index (χ2n) is 8.63. The highest BCUT2D eigenvalue weighted by molar-refractivity contribution is 5.88. The molecule has 0 spiro atoms. The van der Waals surface area contributed by atoms with Crippen LogP contribution in [0.1, 0.15) is 24.4 Å². The van der Waals surface area contributed by atoms with Crippen molar-refractivity contribution in [2.45, 2.75) is 32.2 Å². The SMILES string of the molecule is Cc1ncc(-c2ccc3cnc(CC(=O)C4CCN(C5COC5)CC4)cc3c2)n1C. The number of piperidine rings is 1. The Balaban J connectivity index is 1.29. The molecule has 0 amide bonds. The van der Waals surface area contributed by atoms with E-state index in [9.17, 15) is 4.79 Å². The fourth-order valence-electron chi connectivity index (χ4n) is 4.56. The van der Waals surface area contributed by atoms with Crippen molar-refractivity contribution in [3.05, 3.63) is 48.2 Å². The number of Topliss-reactive ketones (excluding diaryl/α,β-unsaturated/α-hetero) is 1. The van der Waals surface area contributed by atoms with Gasteiger partial charge in [-0.05, 0) is 50.4 Å². The predicted molar refractivity (Wildman–Crippen MR) is 116 cm³/mol. The lowest BCUT2D eigenvalue weighted by molar-refractivity contribution is -0.125. The number of ether oxygens (including phenoxy) is 1. The third kappa shape index (κ3) is 3.66. The molecule has 2 aliphatic rings. The van der Waals surface area contributed by atoms with Crippen molar-refractivity contribution in [3.63, 3.8) is 0 Å². The summed E-state index contributed by atoms with van der Waals surface area (Å²) in [6, 6.07) is 9.00. The van der Waals surface area contributed by atoms with Crippen molar-refractivity contribution < 1.29 is 9.53 Å². The van der Waals surface area contributed by atoms with Gasteiger partial charge in [0.25, 0.3) is 0 Å². The highest BCUT2D eigenvalue weighted by Gasteiger charge is 2.31. The van der Waals surface area contributed by atoms with E-state index in [0.717, 1.165) is 72.7 Å². The molecule has 0 unspecified atom stereocenters. The fraction of sp³-hybridized carbons (Fsp3) is 0.458. The number of benzene rings is 1. The van der Waals surface area contributed by atoms with Crippen molar-refractivity contribution in [1.82, 2.24) is 19.4 Å².